The summed E-state index contributed by atoms with van der Waals surface area (Å²) in [5, 5.41) is 22.7. The fraction of sp³-hybridized carbons (Fsp3) is 0.429. The highest BCUT2D eigenvalue weighted by molar-refractivity contribution is 5.88. The lowest BCUT2D eigenvalue weighted by atomic mass is 10.1. The Morgan fingerprint density at radius 3 is 2.29 bits per heavy atom. The number of alkyl carbamates (subject to hydrolysis) is 1. The van der Waals surface area contributed by atoms with Gasteiger partial charge in [0.2, 0.25) is 5.91 Å². The second-order valence-corrected chi connectivity index (χ2v) is 7.62. The maximum absolute atomic E-state index is 12.0. The van der Waals surface area contributed by atoms with Gasteiger partial charge in [0.15, 0.2) is 0 Å². The Morgan fingerprint density at radius 2 is 1.74 bits per heavy atom. The molecule has 170 valence electrons. The highest BCUT2D eigenvalue weighted by atomic mass is 16.6. The normalized spacial score (nSPS) is 11.6. The first-order valence-electron chi connectivity index (χ1n) is 9.68. The first kappa shape index (κ1) is 25.5. The van der Waals surface area contributed by atoms with E-state index < -0.39 is 35.6 Å². The summed E-state index contributed by atoms with van der Waals surface area (Å²) in [7, 11) is 0. The number of aromatic nitrogens is 1. The number of aliphatic carboxylic acids is 2. The van der Waals surface area contributed by atoms with Crippen LogP contribution in [0, 0.1) is 0 Å². The molecule has 0 aliphatic carbocycles. The standard InChI is InChI=1S/C18H23N3O5.C3H6O2/c1-18(2,3)26-17(25)20-10-15(22)21-14(16(23)24)8-11-9-19-13-7-5-4-6-12(11)13;1-2-3(4)5/h4-7,9,14,19H,8,10H2,1-3H3,(H,20,25)(H,21,22)(H,23,24);2H2,1H3,(H,4,5). The Kier molecular flexibility index (Phi) is 9.52. The molecule has 2 aromatic rings. The number of H-pyrrole nitrogens is 1. The molecule has 1 aromatic heterocycles. The summed E-state index contributed by atoms with van der Waals surface area (Å²) in [4.78, 5) is 47.4. The van der Waals surface area contributed by atoms with Crippen molar-refractivity contribution in [2.45, 2.75) is 52.2 Å². The van der Waals surface area contributed by atoms with Crippen molar-refractivity contribution in [3.63, 3.8) is 0 Å². The van der Waals surface area contributed by atoms with Crippen LogP contribution in [-0.4, -0.2) is 57.3 Å². The van der Waals surface area contributed by atoms with Crippen LogP contribution < -0.4 is 10.6 Å². The summed E-state index contributed by atoms with van der Waals surface area (Å²) in [6.45, 7) is 6.34. The zero-order valence-electron chi connectivity index (χ0n) is 18.0. The summed E-state index contributed by atoms with van der Waals surface area (Å²) in [5.74, 6) is -2.51. The van der Waals surface area contributed by atoms with Crippen LogP contribution in [0.4, 0.5) is 4.79 Å². The average molecular weight is 435 g/mol. The number of carbonyl (C=O) groups excluding carboxylic acids is 2. The molecule has 10 nitrogen and oxygen atoms in total. The third-order valence-corrected chi connectivity index (χ3v) is 3.83. The Labute approximate surface area is 180 Å². The number of hydrogen-bond acceptors (Lipinski definition) is 5. The zero-order valence-corrected chi connectivity index (χ0v) is 18.0. The van der Waals surface area contributed by atoms with Crippen LogP contribution in [0.15, 0.2) is 30.5 Å². The molecule has 0 bridgehead atoms. The predicted octanol–water partition coefficient (Wildman–Crippen LogP) is 2.29. The minimum absolute atomic E-state index is 0.123. The van der Waals surface area contributed by atoms with E-state index in [4.69, 9.17) is 9.84 Å². The van der Waals surface area contributed by atoms with E-state index in [0.29, 0.717) is 0 Å². The van der Waals surface area contributed by atoms with Crippen molar-refractivity contribution in [1.29, 1.82) is 0 Å². The van der Waals surface area contributed by atoms with Gasteiger partial charge >= 0.3 is 18.0 Å². The van der Waals surface area contributed by atoms with Crippen molar-refractivity contribution in [3.8, 4) is 0 Å². The second kappa shape index (κ2) is 11.6. The minimum atomic E-state index is -1.15. The van der Waals surface area contributed by atoms with Crippen molar-refractivity contribution >= 4 is 34.8 Å². The summed E-state index contributed by atoms with van der Waals surface area (Å²) in [5.41, 5.74) is 0.998. The van der Waals surface area contributed by atoms with E-state index in [1.807, 2.05) is 24.3 Å². The summed E-state index contributed by atoms with van der Waals surface area (Å²) in [6, 6.07) is 6.39. The van der Waals surface area contributed by atoms with Crippen molar-refractivity contribution in [1.82, 2.24) is 15.6 Å². The van der Waals surface area contributed by atoms with Crippen LogP contribution in [0.25, 0.3) is 10.9 Å². The maximum atomic E-state index is 12.0. The summed E-state index contributed by atoms with van der Waals surface area (Å²) >= 11 is 0. The molecule has 10 heteroatoms. The number of amides is 2. The Morgan fingerprint density at radius 1 is 1.13 bits per heavy atom. The molecule has 2 rings (SSSR count). The molecule has 0 aliphatic rings. The lowest BCUT2D eigenvalue weighted by molar-refractivity contribution is -0.141. The smallest absolute Gasteiger partial charge is 0.408 e. The molecule has 2 amide bonds. The quantitative estimate of drug-likeness (QED) is 0.446. The van der Waals surface area contributed by atoms with E-state index in [1.165, 1.54) is 0 Å². The Bertz CT molecular complexity index is 915. The van der Waals surface area contributed by atoms with E-state index >= 15 is 0 Å². The van der Waals surface area contributed by atoms with E-state index in [9.17, 15) is 24.3 Å². The zero-order chi connectivity index (χ0) is 23.6. The monoisotopic (exact) mass is 435 g/mol. The first-order valence-corrected chi connectivity index (χ1v) is 9.68. The highest BCUT2D eigenvalue weighted by Gasteiger charge is 2.23. The van der Waals surface area contributed by atoms with Crippen LogP contribution in [0.2, 0.25) is 0 Å². The largest absolute Gasteiger partial charge is 0.481 e. The molecular formula is C21H29N3O7. The van der Waals surface area contributed by atoms with Gasteiger partial charge in [-0.15, -0.1) is 0 Å². The summed E-state index contributed by atoms with van der Waals surface area (Å²) < 4.78 is 5.02. The van der Waals surface area contributed by atoms with Gasteiger partial charge in [-0.1, -0.05) is 25.1 Å². The Hall–Kier alpha value is -3.56. The molecule has 1 heterocycles. The molecule has 1 aromatic carbocycles. The first-order chi connectivity index (χ1) is 14.4. The number of rotatable bonds is 7. The number of carboxylic acids is 2. The third-order valence-electron chi connectivity index (χ3n) is 3.83. The van der Waals surface area contributed by atoms with Crippen molar-refractivity contribution in [3.05, 3.63) is 36.0 Å². The number of hydrogen-bond donors (Lipinski definition) is 5. The van der Waals surface area contributed by atoms with Crippen LogP contribution >= 0.6 is 0 Å². The van der Waals surface area contributed by atoms with Gasteiger partial charge in [-0.25, -0.2) is 9.59 Å². The van der Waals surface area contributed by atoms with Gasteiger partial charge in [-0.05, 0) is 32.4 Å². The number of ether oxygens (including phenoxy) is 1. The van der Waals surface area contributed by atoms with Crippen molar-refractivity contribution in [2.24, 2.45) is 0 Å². The van der Waals surface area contributed by atoms with E-state index in [2.05, 4.69) is 15.6 Å². The minimum Gasteiger partial charge on any atom is -0.481 e. The van der Waals surface area contributed by atoms with Gasteiger partial charge in [0, 0.05) is 29.9 Å². The lowest BCUT2D eigenvalue weighted by Crippen LogP contribution is -2.47. The van der Waals surface area contributed by atoms with Crippen molar-refractivity contribution in [2.75, 3.05) is 6.54 Å². The molecule has 31 heavy (non-hydrogen) atoms. The molecule has 0 fully saturated rings. The molecule has 1 unspecified atom stereocenters. The van der Waals surface area contributed by atoms with Crippen molar-refractivity contribution < 1.29 is 34.1 Å². The van der Waals surface area contributed by atoms with E-state index in [1.54, 1.807) is 33.9 Å². The van der Waals surface area contributed by atoms with Crippen LogP contribution in [-0.2, 0) is 25.5 Å². The SMILES string of the molecule is CC(C)(C)OC(=O)NCC(=O)NC(Cc1c[nH]c2ccccc12)C(=O)O.CCC(=O)O. The van der Waals surface area contributed by atoms with E-state index in [-0.39, 0.29) is 19.4 Å². The average Bonchev–Trinajstić information content (AvgIpc) is 3.08. The van der Waals surface area contributed by atoms with Crippen LogP contribution in [0.5, 0.6) is 0 Å². The van der Waals surface area contributed by atoms with Gasteiger partial charge in [0.05, 0.1) is 0 Å². The van der Waals surface area contributed by atoms with Crippen LogP contribution in [0.3, 0.4) is 0 Å². The Balaban J connectivity index is 0.000000861. The van der Waals surface area contributed by atoms with Gasteiger partial charge in [0.25, 0.3) is 0 Å². The molecule has 0 saturated heterocycles. The number of carboxylic acid groups (broad SMARTS) is 2. The molecule has 0 radical (unpaired) electrons. The fourth-order valence-electron chi connectivity index (χ4n) is 2.43. The number of benzene rings is 1. The molecule has 0 saturated carbocycles. The predicted molar refractivity (Wildman–Crippen MR) is 114 cm³/mol. The van der Waals surface area contributed by atoms with Crippen LogP contribution in [0.1, 0.15) is 39.7 Å². The second-order valence-electron chi connectivity index (χ2n) is 7.62. The van der Waals surface area contributed by atoms with E-state index in [0.717, 1.165) is 16.5 Å². The lowest BCUT2D eigenvalue weighted by Gasteiger charge is -2.20. The number of nitrogens with one attached hydrogen (secondary N) is 3. The number of aromatic amines is 1. The van der Waals surface area contributed by atoms with Gasteiger partial charge in [-0.3, -0.25) is 9.59 Å². The highest BCUT2D eigenvalue weighted by Crippen LogP contribution is 2.19. The molecular weight excluding hydrogens is 406 g/mol. The molecule has 0 aliphatic heterocycles. The molecule has 5 N–H and O–H groups in total. The fourth-order valence-corrected chi connectivity index (χ4v) is 2.43. The third kappa shape index (κ3) is 9.66. The molecule has 0 spiro atoms. The van der Waals surface area contributed by atoms with Gasteiger partial charge < -0.3 is 30.6 Å². The number of fused-ring (bicyclic) bond motifs is 1. The number of carbonyl (C=O) groups is 4. The summed E-state index contributed by atoms with van der Waals surface area (Å²) in [6.07, 6.45) is 1.33. The van der Waals surface area contributed by atoms with Gasteiger partial charge in [0.1, 0.15) is 18.2 Å². The molecule has 1 atom stereocenters. The van der Waals surface area contributed by atoms with Gasteiger partial charge in [-0.2, -0.15) is 0 Å². The number of para-hydroxylation sites is 1. The topological polar surface area (TPSA) is 158 Å². The maximum Gasteiger partial charge on any atom is 0.408 e.